The largest absolute Gasteiger partial charge is 0.461 e. The maximum absolute atomic E-state index is 13.2. The molecule has 0 N–H and O–H groups in total. The lowest BCUT2D eigenvalue weighted by molar-refractivity contribution is -0.150. The summed E-state index contributed by atoms with van der Waals surface area (Å²) in [4.78, 5) is 39.1. The molecule has 0 bridgehead atoms. The molecule has 2 aromatic carbocycles. The lowest BCUT2D eigenvalue weighted by Crippen LogP contribution is -2.45. The predicted octanol–water partition coefficient (Wildman–Crippen LogP) is 3.98. The summed E-state index contributed by atoms with van der Waals surface area (Å²) in [7, 11) is 0. The van der Waals surface area contributed by atoms with Gasteiger partial charge in [0.05, 0.1) is 18.4 Å². The minimum Gasteiger partial charge on any atom is -0.461 e. The van der Waals surface area contributed by atoms with Gasteiger partial charge in [-0.15, -0.1) is 0 Å². The summed E-state index contributed by atoms with van der Waals surface area (Å²) in [5.74, 6) is -1.63. The van der Waals surface area contributed by atoms with Gasteiger partial charge in [-0.1, -0.05) is 74.5 Å². The summed E-state index contributed by atoms with van der Waals surface area (Å²) in [6, 6.07) is 18.6. The van der Waals surface area contributed by atoms with Crippen molar-refractivity contribution in [2.75, 3.05) is 6.61 Å². The second-order valence-corrected chi connectivity index (χ2v) is 7.83. The van der Waals surface area contributed by atoms with E-state index in [0.29, 0.717) is 6.42 Å². The number of cyclic esters (lactones) is 1. The third-order valence-electron chi connectivity index (χ3n) is 5.26. The van der Waals surface area contributed by atoms with Gasteiger partial charge in [-0.2, -0.15) is 0 Å². The summed E-state index contributed by atoms with van der Waals surface area (Å²) in [6.45, 7) is 4.03. The standard InChI is InChI=1S/C24H27NO5/c1-17(2)21(14-22(26)29-15-19-11-7-4-8-12-19)23(27)25-20(16-30-24(25)28)13-18-9-5-3-6-10-18/h3-12,17,20-21H,13-16H2,1-2H3/t20-,21-/m0/s1. The van der Waals surface area contributed by atoms with Crippen molar-refractivity contribution < 1.29 is 23.9 Å². The quantitative estimate of drug-likeness (QED) is 0.617. The SMILES string of the molecule is CC(C)[C@H](CC(=O)OCc1ccccc1)C(=O)N1C(=O)OC[C@@H]1Cc1ccccc1. The first-order valence-corrected chi connectivity index (χ1v) is 10.2. The van der Waals surface area contributed by atoms with Gasteiger partial charge in [-0.05, 0) is 23.5 Å². The van der Waals surface area contributed by atoms with Crippen LogP contribution in [0.25, 0.3) is 0 Å². The van der Waals surface area contributed by atoms with Crippen molar-refractivity contribution in [1.82, 2.24) is 4.90 Å². The zero-order valence-electron chi connectivity index (χ0n) is 17.3. The predicted molar refractivity (Wildman–Crippen MR) is 111 cm³/mol. The highest BCUT2D eigenvalue weighted by molar-refractivity contribution is 5.96. The van der Waals surface area contributed by atoms with Crippen molar-refractivity contribution in [1.29, 1.82) is 0 Å². The van der Waals surface area contributed by atoms with Crippen LogP contribution in [-0.2, 0) is 32.1 Å². The maximum Gasteiger partial charge on any atom is 0.416 e. The molecule has 3 rings (SSSR count). The monoisotopic (exact) mass is 409 g/mol. The molecule has 6 heteroatoms. The molecule has 0 aromatic heterocycles. The topological polar surface area (TPSA) is 72.9 Å². The number of ether oxygens (including phenoxy) is 2. The number of rotatable bonds is 8. The molecule has 2 aromatic rings. The van der Waals surface area contributed by atoms with Crippen molar-refractivity contribution in [3.8, 4) is 0 Å². The minimum atomic E-state index is -0.655. The Morgan fingerprint density at radius 1 is 1.03 bits per heavy atom. The Bertz CT molecular complexity index is 866. The molecule has 1 heterocycles. The van der Waals surface area contributed by atoms with Gasteiger partial charge in [0.25, 0.3) is 0 Å². The molecule has 0 saturated carbocycles. The van der Waals surface area contributed by atoms with E-state index in [4.69, 9.17) is 9.47 Å². The van der Waals surface area contributed by atoms with Crippen molar-refractivity contribution in [2.24, 2.45) is 11.8 Å². The Hall–Kier alpha value is -3.15. The van der Waals surface area contributed by atoms with Gasteiger partial charge in [-0.3, -0.25) is 9.59 Å². The van der Waals surface area contributed by atoms with Crippen molar-refractivity contribution in [3.05, 3.63) is 71.8 Å². The number of nitrogens with zero attached hydrogens (tertiary/aromatic N) is 1. The number of hydrogen-bond acceptors (Lipinski definition) is 5. The molecule has 1 saturated heterocycles. The lowest BCUT2D eigenvalue weighted by atomic mass is 9.90. The third kappa shape index (κ3) is 5.47. The first-order valence-electron chi connectivity index (χ1n) is 10.2. The van der Waals surface area contributed by atoms with Gasteiger partial charge in [0.15, 0.2) is 0 Å². The van der Waals surface area contributed by atoms with Gasteiger partial charge in [-0.25, -0.2) is 9.69 Å². The third-order valence-corrected chi connectivity index (χ3v) is 5.26. The fourth-order valence-corrected chi connectivity index (χ4v) is 3.53. The van der Waals surface area contributed by atoms with Crippen LogP contribution in [-0.4, -0.2) is 35.5 Å². The summed E-state index contributed by atoms with van der Waals surface area (Å²) >= 11 is 0. The Kier molecular flexibility index (Phi) is 7.22. The molecule has 0 spiro atoms. The molecule has 2 atom stereocenters. The van der Waals surface area contributed by atoms with Gasteiger partial charge in [0.2, 0.25) is 5.91 Å². The Balaban J connectivity index is 1.65. The fourth-order valence-electron chi connectivity index (χ4n) is 3.53. The Labute approximate surface area is 176 Å². The average Bonchev–Trinajstić information content (AvgIpc) is 3.11. The average molecular weight is 409 g/mol. The van der Waals surface area contributed by atoms with E-state index in [1.54, 1.807) is 0 Å². The van der Waals surface area contributed by atoms with Crippen LogP contribution < -0.4 is 0 Å². The van der Waals surface area contributed by atoms with E-state index in [0.717, 1.165) is 11.1 Å². The first-order chi connectivity index (χ1) is 14.5. The number of hydrogen-bond donors (Lipinski definition) is 0. The number of amides is 2. The maximum atomic E-state index is 13.2. The van der Waals surface area contributed by atoms with Crippen molar-refractivity contribution in [2.45, 2.75) is 39.3 Å². The van der Waals surface area contributed by atoms with E-state index in [2.05, 4.69) is 0 Å². The molecule has 1 aliphatic rings. The van der Waals surface area contributed by atoms with E-state index < -0.39 is 18.0 Å². The van der Waals surface area contributed by atoms with Gasteiger partial charge >= 0.3 is 12.1 Å². The van der Waals surface area contributed by atoms with E-state index in [9.17, 15) is 14.4 Å². The van der Waals surface area contributed by atoms with E-state index >= 15 is 0 Å². The molecular weight excluding hydrogens is 382 g/mol. The Morgan fingerprint density at radius 2 is 1.63 bits per heavy atom. The van der Waals surface area contributed by atoms with E-state index in [1.165, 1.54) is 4.90 Å². The van der Waals surface area contributed by atoms with Crippen LogP contribution >= 0.6 is 0 Å². The molecule has 1 fully saturated rings. The highest BCUT2D eigenvalue weighted by Gasteiger charge is 2.42. The van der Waals surface area contributed by atoms with Gasteiger partial charge in [0.1, 0.15) is 13.2 Å². The van der Waals surface area contributed by atoms with Crippen LogP contribution in [0.4, 0.5) is 4.79 Å². The van der Waals surface area contributed by atoms with Gasteiger partial charge in [0, 0.05) is 0 Å². The fraction of sp³-hybridized carbons (Fsp3) is 0.375. The van der Waals surface area contributed by atoms with Crippen molar-refractivity contribution in [3.63, 3.8) is 0 Å². The molecule has 30 heavy (non-hydrogen) atoms. The number of carbonyl (C=O) groups excluding carboxylic acids is 3. The minimum absolute atomic E-state index is 0.0782. The zero-order valence-corrected chi connectivity index (χ0v) is 17.3. The molecule has 0 unspecified atom stereocenters. The van der Waals surface area contributed by atoms with Gasteiger partial charge < -0.3 is 9.47 Å². The summed E-state index contributed by atoms with van der Waals surface area (Å²) in [5, 5.41) is 0. The second kappa shape index (κ2) is 10.1. The number of imide groups is 1. The molecule has 0 radical (unpaired) electrons. The van der Waals surface area contributed by atoms with Crippen LogP contribution in [0, 0.1) is 11.8 Å². The smallest absolute Gasteiger partial charge is 0.416 e. The summed E-state index contributed by atoms with van der Waals surface area (Å²) < 4.78 is 10.5. The molecule has 158 valence electrons. The van der Waals surface area contributed by atoms with Crippen LogP contribution in [0.5, 0.6) is 0 Å². The number of esters is 1. The Morgan fingerprint density at radius 3 is 2.23 bits per heavy atom. The van der Waals surface area contributed by atoms with Crippen LogP contribution in [0.15, 0.2) is 60.7 Å². The summed E-state index contributed by atoms with van der Waals surface area (Å²) in [5.41, 5.74) is 1.89. The first kappa shape index (κ1) is 21.6. The molecule has 6 nitrogen and oxygen atoms in total. The normalized spacial score (nSPS) is 17.0. The number of carbonyl (C=O) groups is 3. The molecular formula is C24H27NO5. The van der Waals surface area contributed by atoms with Crippen molar-refractivity contribution >= 4 is 18.0 Å². The van der Waals surface area contributed by atoms with Crippen LogP contribution in [0.3, 0.4) is 0 Å². The van der Waals surface area contributed by atoms with E-state index in [-0.39, 0.29) is 37.5 Å². The lowest BCUT2D eigenvalue weighted by Gasteiger charge is -2.26. The molecule has 1 aliphatic heterocycles. The second-order valence-electron chi connectivity index (χ2n) is 7.83. The van der Waals surface area contributed by atoms with E-state index in [1.807, 2.05) is 74.5 Å². The highest BCUT2D eigenvalue weighted by atomic mass is 16.6. The zero-order chi connectivity index (χ0) is 21.5. The number of benzene rings is 2. The molecule has 2 amide bonds. The summed E-state index contributed by atoms with van der Waals surface area (Å²) in [6.07, 6.45) is -0.212. The van der Waals surface area contributed by atoms with Crippen LogP contribution in [0.2, 0.25) is 0 Å². The highest BCUT2D eigenvalue weighted by Crippen LogP contribution is 2.25. The molecule has 0 aliphatic carbocycles. The van der Waals surface area contributed by atoms with Crippen LogP contribution in [0.1, 0.15) is 31.4 Å².